The molecule has 0 bridgehead atoms. The average Bonchev–Trinajstić information content (AvgIpc) is 2.46. The normalized spacial score (nSPS) is 18.3. The first-order chi connectivity index (χ1) is 9.72. The number of methoxy groups -OCH3 is 1. The molecule has 1 unspecified atom stereocenters. The highest BCUT2D eigenvalue weighted by molar-refractivity contribution is 5.76. The Morgan fingerprint density at radius 1 is 1.25 bits per heavy atom. The minimum atomic E-state index is -0.200. The number of likely N-dealkylation sites (tertiary alicyclic amines) is 1. The second-order valence-corrected chi connectivity index (χ2v) is 5.35. The molecule has 4 nitrogen and oxygen atoms in total. The monoisotopic (exact) mass is 276 g/mol. The molecule has 20 heavy (non-hydrogen) atoms. The second kappa shape index (κ2) is 7.29. The highest BCUT2D eigenvalue weighted by atomic mass is 16.5. The second-order valence-electron chi connectivity index (χ2n) is 5.35. The van der Waals surface area contributed by atoms with Crippen LogP contribution in [0.5, 0.6) is 5.75 Å². The lowest BCUT2D eigenvalue weighted by Gasteiger charge is -2.28. The summed E-state index contributed by atoms with van der Waals surface area (Å²) in [5.41, 5.74) is 7.24. The van der Waals surface area contributed by atoms with Crippen molar-refractivity contribution in [2.24, 2.45) is 5.73 Å². The molecule has 110 valence electrons. The van der Waals surface area contributed by atoms with E-state index in [1.165, 1.54) is 6.42 Å². The predicted octanol–water partition coefficient (Wildman–Crippen LogP) is 2.49. The van der Waals surface area contributed by atoms with Gasteiger partial charge < -0.3 is 15.4 Å². The SMILES string of the molecule is COc1ccccc1C(N)CN1CCCCCCC1=O. The number of carbonyl (C=O) groups excluding carboxylic acids is 1. The van der Waals surface area contributed by atoms with Crippen molar-refractivity contribution in [3.8, 4) is 5.75 Å². The van der Waals surface area contributed by atoms with E-state index in [9.17, 15) is 4.79 Å². The van der Waals surface area contributed by atoms with Crippen molar-refractivity contribution in [3.05, 3.63) is 29.8 Å². The molecule has 1 aliphatic heterocycles. The molecule has 1 saturated heterocycles. The van der Waals surface area contributed by atoms with Gasteiger partial charge in [0.05, 0.1) is 13.2 Å². The maximum Gasteiger partial charge on any atom is 0.222 e. The van der Waals surface area contributed by atoms with Crippen molar-refractivity contribution < 1.29 is 9.53 Å². The van der Waals surface area contributed by atoms with Crippen LogP contribution in [0, 0.1) is 0 Å². The molecular weight excluding hydrogens is 252 g/mol. The topological polar surface area (TPSA) is 55.6 Å². The van der Waals surface area contributed by atoms with Gasteiger partial charge in [-0.25, -0.2) is 0 Å². The number of rotatable bonds is 4. The van der Waals surface area contributed by atoms with E-state index in [-0.39, 0.29) is 11.9 Å². The van der Waals surface area contributed by atoms with Gasteiger partial charge in [0.25, 0.3) is 0 Å². The third-order valence-electron chi connectivity index (χ3n) is 3.88. The maximum atomic E-state index is 12.1. The fraction of sp³-hybridized carbons (Fsp3) is 0.562. The van der Waals surface area contributed by atoms with Crippen LogP contribution < -0.4 is 10.5 Å². The van der Waals surface area contributed by atoms with Crippen LogP contribution in [-0.4, -0.2) is 31.0 Å². The van der Waals surface area contributed by atoms with Gasteiger partial charge >= 0.3 is 0 Å². The number of nitrogens with two attached hydrogens (primary N) is 1. The Kier molecular flexibility index (Phi) is 5.41. The summed E-state index contributed by atoms with van der Waals surface area (Å²) >= 11 is 0. The van der Waals surface area contributed by atoms with Crippen LogP contribution in [0.15, 0.2) is 24.3 Å². The summed E-state index contributed by atoms with van der Waals surface area (Å²) in [6.07, 6.45) is 5.09. The third-order valence-corrected chi connectivity index (χ3v) is 3.88. The van der Waals surface area contributed by atoms with Gasteiger partial charge in [0.1, 0.15) is 5.75 Å². The molecule has 4 heteroatoms. The van der Waals surface area contributed by atoms with Gasteiger partial charge in [-0.2, -0.15) is 0 Å². The fourth-order valence-electron chi connectivity index (χ4n) is 2.72. The molecule has 1 aromatic carbocycles. The van der Waals surface area contributed by atoms with Gasteiger partial charge in [-0.1, -0.05) is 31.0 Å². The first-order valence-electron chi connectivity index (χ1n) is 7.38. The van der Waals surface area contributed by atoms with Gasteiger partial charge in [-0.15, -0.1) is 0 Å². The Morgan fingerprint density at radius 2 is 2.00 bits per heavy atom. The standard InChI is InChI=1S/C16H24N2O2/c1-20-15-9-6-5-8-13(15)14(17)12-18-11-7-3-2-4-10-16(18)19/h5-6,8-9,14H,2-4,7,10-12,17H2,1H3. The molecule has 1 aromatic rings. The first kappa shape index (κ1) is 14.9. The van der Waals surface area contributed by atoms with E-state index in [2.05, 4.69) is 0 Å². The molecule has 0 aliphatic carbocycles. The quantitative estimate of drug-likeness (QED) is 0.919. The third kappa shape index (κ3) is 3.73. The summed E-state index contributed by atoms with van der Waals surface area (Å²) in [6, 6.07) is 7.56. The van der Waals surface area contributed by atoms with Crippen LogP contribution in [0.25, 0.3) is 0 Å². The summed E-state index contributed by atoms with van der Waals surface area (Å²) in [4.78, 5) is 14.0. The lowest BCUT2D eigenvalue weighted by molar-refractivity contribution is -0.132. The Bertz CT molecular complexity index is 448. The number of para-hydroxylation sites is 1. The number of hydrogen-bond donors (Lipinski definition) is 1. The lowest BCUT2D eigenvalue weighted by atomic mass is 10.0. The molecule has 1 aliphatic rings. The van der Waals surface area contributed by atoms with Gasteiger partial charge in [0.15, 0.2) is 0 Å². The fourth-order valence-corrected chi connectivity index (χ4v) is 2.72. The molecule has 1 fully saturated rings. The summed E-state index contributed by atoms with van der Waals surface area (Å²) in [6.45, 7) is 1.39. The van der Waals surface area contributed by atoms with Gasteiger partial charge in [0.2, 0.25) is 5.91 Å². The van der Waals surface area contributed by atoms with E-state index in [1.54, 1.807) is 7.11 Å². The Labute approximate surface area is 120 Å². The lowest BCUT2D eigenvalue weighted by Crippen LogP contribution is -2.38. The minimum absolute atomic E-state index is 0.200. The van der Waals surface area contributed by atoms with Crippen LogP contribution in [0.1, 0.15) is 43.7 Å². The van der Waals surface area contributed by atoms with E-state index >= 15 is 0 Å². The summed E-state index contributed by atoms with van der Waals surface area (Å²) < 4.78 is 5.34. The van der Waals surface area contributed by atoms with Crippen molar-refractivity contribution in [3.63, 3.8) is 0 Å². The highest BCUT2D eigenvalue weighted by Gasteiger charge is 2.20. The number of hydrogen-bond acceptors (Lipinski definition) is 3. The average molecular weight is 276 g/mol. The molecule has 2 rings (SSSR count). The highest BCUT2D eigenvalue weighted by Crippen LogP contribution is 2.24. The van der Waals surface area contributed by atoms with E-state index in [4.69, 9.17) is 10.5 Å². The van der Waals surface area contributed by atoms with E-state index in [1.807, 2.05) is 29.2 Å². The number of carbonyl (C=O) groups is 1. The molecule has 0 saturated carbocycles. The number of amides is 1. The molecule has 1 amide bonds. The van der Waals surface area contributed by atoms with E-state index < -0.39 is 0 Å². The van der Waals surface area contributed by atoms with Crippen molar-refractivity contribution in [2.45, 2.75) is 38.1 Å². The minimum Gasteiger partial charge on any atom is -0.496 e. The smallest absolute Gasteiger partial charge is 0.222 e. The van der Waals surface area contributed by atoms with Crippen LogP contribution >= 0.6 is 0 Å². The van der Waals surface area contributed by atoms with E-state index in [0.717, 1.165) is 37.1 Å². The maximum absolute atomic E-state index is 12.1. The van der Waals surface area contributed by atoms with Crippen LogP contribution in [0.2, 0.25) is 0 Å². The molecular formula is C16H24N2O2. The number of ether oxygens (including phenoxy) is 1. The molecule has 1 atom stereocenters. The van der Waals surface area contributed by atoms with E-state index in [0.29, 0.717) is 13.0 Å². The Morgan fingerprint density at radius 3 is 2.80 bits per heavy atom. The zero-order valence-corrected chi connectivity index (χ0v) is 12.2. The summed E-state index contributed by atoms with van der Waals surface area (Å²) in [7, 11) is 1.65. The molecule has 0 spiro atoms. The van der Waals surface area contributed by atoms with Crippen LogP contribution in [-0.2, 0) is 4.79 Å². The molecule has 2 N–H and O–H groups in total. The zero-order chi connectivity index (χ0) is 14.4. The summed E-state index contributed by atoms with van der Waals surface area (Å²) in [5, 5.41) is 0. The van der Waals surface area contributed by atoms with Crippen molar-refractivity contribution in [1.29, 1.82) is 0 Å². The molecule has 0 aromatic heterocycles. The number of benzene rings is 1. The largest absolute Gasteiger partial charge is 0.496 e. The van der Waals surface area contributed by atoms with Crippen LogP contribution in [0.3, 0.4) is 0 Å². The van der Waals surface area contributed by atoms with Gasteiger partial charge in [-0.05, 0) is 18.9 Å². The van der Waals surface area contributed by atoms with Crippen molar-refractivity contribution >= 4 is 5.91 Å². The number of nitrogens with zero attached hydrogens (tertiary/aromatic N) is 1. The Hall–Kier alpha value is -1.55. The van der Waals surface area contributed by atoms with Crippen molar-refractivity contribution in [2.75, 3.05) is 20.2 Å². The van der Waals surface area contributed by atoms with Gasteiger partial charge in [0, 0.05) is 25.1 Å². The first-order valence-corrected chi connectivity index (χ1v) is 7.38. The molecule has 0 radical (unpaired) electrons. The van der Waals surface area contributed by atoms with Gasteiger partial charge in [-0.3, -0.25) is 4.79 Å². The zero-order valence-electron chi connectivity index (χ0n) is 12.2. The summed E-state index contributed by atoms with van der Waals surface area (Å²) in [5.74, 6) is 1.02. The molecule has 1 heterocycles. The predicted molar refractivity (Wildman–Crippen MR) is 79.6 cm³/mol. The van der Waals surface area contributed by atoms with Crippen LogP contribution in [0.4, 0.5) is 0 Å². The Balaban J connectivity index is 2.05. The van der Waals surface area contributed by atoms with Crippen molar-refractivity contribution in [1.82, 2.24) is 4.90 Å².